The Morgan fingerprint density at radius 1 is 0.843 bits per heavy atom. The van der Waals surface area contributed by atoms with Crippen molar-refractivity contribution in [2.45, 2.75) is 174 Å². The van der Waals surface area contributed by atoms with Gasteiger partial charge < -0.3 is 68.2 Å². The highest BCUT2D eigenvalue weighted by atomic mass is 19.1. The summed E-state index contributed by atoms with van der Waals surface area (Å²) < 4.78 is 57.1. The molecule has 17 heteroatoms. The number of hydrogen-bond donors (Lipinski definition) is 4. The third kappa shape index (κ3) is 15.8. The molecule has 70 heavy (non-hydrogen) atoms. The predicted molar refractivity (Wildman–Crippen MR) is 263 cm³/mol. The molecule has 5 rings (SSSR count). The van der Waals surface area contributed by atoms with Gasteiger partial charge in [0.25, 0.3) is 0 Å². The number of cyclic esters (lactones) is 1. The number of likely N-dealkylation sites (tertiary alicyclic amines) is 1. The molecule has 0 bridgehead atoms. The monoisotopic (exact) mass is 992 g/mol. The summed E-state index contributed by atoms with van der Waals surface area (Å²) in [4.78, 5) is 24.3. The van der Waals surface area contributed by atoms with Gasteiger partial charge in [0.15, 0.2) is 12.6 Å². The Morgan fingerprint density at radius 2 is 1.49 bits per heavy atom. The number of esters is 1. The van der Waals surface area contributed by atoms with Gasteiger partial charge in [-0.2, -0.15) is 0 Å². The topological polar surface area (TPSA) is 191 Å². The second-order valence-corrected chi connectivity index (χ2v) is 21.0. The van der Waals surface area contributed by atoms with Gasteiger partial charge in [-0.1, -0.05) is 69.6 Å². The minimum absolute atomic E-state index is 0.0365. The number of piperidine rings is 1. The fourth-order valence-electron chi connectivity index (χ4n) is 10.9. The van der Waals surface area contributed by atoms with Gasteiger partial charge in [0.2, 0.25) is 0 Å². The summed E-state index contributed by atoms with van der Waals surface area (Å²) in [5.41, 5.74) is 2.18. The SMILES string of the molecule is CC[C@H]1OC(=O)C[C@@H](O)C(C)[C@@H](O[C@H]2O[C@@H](C)[C@H](O)[C@@H](N(C)C)[C@@H]2O)[C@@H](CCN2CC(C)CC(C)C2)C[C@@H](C)C(=N/OCc2ccc(F)cc2)/C=C/C(C)=C/C1CO[C@H]1O[C@@H](C)[C@H](O)[C@H](OC)[C@@H]1OC. The Balaban J connectivity index is 1.56. The van der Waals surface area contributed by atoms with Crippen molar-refractivity contribution in [1.82, 2.24) is 9.80 Å². The van der Waals surface area contributed by atoms with E-state index >= 15 is 0 Å². The minimum Gasteiger partial charge on any atom is -0.462 e. The van der Waals surface area contributed by atoms with Crippen LogP contribution in [0.3, 0.4) is 0 Å². The first-order valence-corrected chi connectivity index (χ1v) is 25.5. The fourth-order valence-corrected chi connectivity index (χ4v) is 10.9. The molecule has 16 nitrogen and oxygen atoms in total. The molecule has 0 aromatic heterocycles. The lowest BCUT2D eigenvalue weighted by Crippen LogP contribution is -2.63. The van der Waals surface area contributed by atoms with E-state index in [4.69, 9.17) is 43.2 Å². The Bertz CT molecular complexity index is 1830. The van der Waals surface area contributed by atoms with Crippen LogP contribution in [-0.4, -0.2) is 176 Å². The summed E-state index contributed by atoms with van der Waals surface area (Å²) in [5, 5.41) is 50.7. The molecule has 4 aliphatic rings. The number of halogens is 1. The molecule has 1 aromatic rings. The van der Waals surface area contributed by atoms with Crippen LogP contribution >= 0.6 is 0 Å². The van der Waals surface area contributed by atoms with Gasteiger partial charge in [0.1, 0.15) is 42.9 Å². The van der Waals surface area contributed by atoms with Crippen LogP contribution in [0, 0.1) is 41.3 Å². The number of ether oxygens (including phenoxy) is 7. The van der Waals surface area contributed by atoms with Crippen molar-refractivity contribution in [3.63, 3.8) is 0 Å². The number of oxime groups is 1. The number of carbonyl (C=O) groups is 1. The highest BCUT2D eigenvalue weighted by Gasteiger charge is 2.48. The molecule has 4 heterocycles. The largest absolute Gasteiger partial charge is 0.462 e. The van der Waals surface area contributed by atoms with E-state index in [2.05, 4.69) is 25.7 Å². The number of nitrogens with zero attached hydrogens (tertiary/aromatic N) is 3. The van der Waals surface area contributed by atoms with Crippen molar-refractivity contribution >= 4 is 11.7 Å². The Labute approximate surface area is 416 Å². The van der Waals surface area contributed by atoms with Crippen LogP contribution in [0.15, 0.2) is 53.2 Å². The first-order chi connectivity index (χ1) is 33.2. The van der Waals surface area contributed by atoms with Crippen LogP contribution in [0.4, 0.5) is 4.39 Å². The second kappa shape index (κ2) is 27.4. The lowest BCUT2D eigenvalue weighted by Gasteiger charge is -2.47. The summed E-state index contributed by atoms with van der Waals surface area (Å²) in [6, 6.07) is 5.36. The molecule has 0 radical (unpaired) electrons. The number of methoxy groups -OCH3 is 2. The molecule has 19 atom stereocenters. The zero-order chi connectivity index (χ0) is 51.4. The number of hydrogen-bond acceptors (Lipinski definition) is 16. The third-order valence-corrected chi connectivity index (χ3v) is 14.8. The molecule has 4 unspecified atom stereocenters. The summed E-state index contributed by atoms with van der Waals surface area (Å²) in [6.07, 6.45) is -2.54. The predicted octanol–water partition coefficient (Wildman–Crippen LogP) is 5.48. The van der Waals surface area contributed by atoms with Crippen molar-refractivity contribution < 1.29 is 67.6 Å². The van der Waals surface area contributed by atoms with Crippen molar-refractivity contribution in [1.29, 1.82) is 0 Å². The number of aliphatic hydroxyl groups is 4. The lowest BCUT2D eigenvalue weighted by atomic mass is 9.79. The van der Waals surface area contributed by atoms with E-state index in [0.29, 0.717) is 36.8 Å². The van der Waals surface area contributed by atoms with Crippen molar-refractivity contribution in [2.75, 3.05) is 54.6 Å². The zero-order valence-electron chi connectivity index (χ0n) is 43.8. The molecule has 4 aliphatic heterocycles. The molecule has 1 aromatic carbocycles. The third-order valence-electron chi connectivity index (χ3n) is 14.8. The number of carbonyl (C=O) groups excluding carboxylic acids is 1. The molecule has 0 saturated carbocycles. The average Bonchev–Trinajstić information content (AvgIpc) is 3.30. The van der Waals surface area contributed by atoms with E-state index in [9.17, 15) is 29.6 Å². The molecule has 3 fully saturated rings. The molecular weight excluding hydrogens is 906 g/mol. The van der Waals surface area contributed by atoms with E-state index in [1.807, 2.05) is 39.0 Å². The zero-order valence-corrected chi connectivity index (χ0v) is 43.8. The van der Waals surface area contributed by atoms with Gasteiger partial charge in [0, 0.05) is 45.1 Å². The van der Waals surface area contributed by atoms with Gasteiger partial charge in [-0.15, -0.1) is 0 Å². The summed E-state index contributed by atoms with van der Waals surface area (Å²) in [6.45, 7) is 18.6. The number of benzene rings is 1. The number of allylic oxidation sites excluding steroid dienone is 3. The number of likely N-dealkylation sites (N-methyl/N-ethyl adjacent to an activating group) is 1. The molecule has 4 N–H and O–H groups in total. The van der Waals surface area contributed by atoms with E-state index in [1.54, 1.807) is 45.0 Å². The smallest absolute Gasteiger partial charge is 0.308 e. The van der Waals surface area contributed by atoms with Crippen LogP contribution in [-0.2, 0) is 49.4 Å². The van der Waals surface area contributed by atoms with Crippen LogP contribution in [0.5, 0.6) is 0 Å². The Kier molecular flexibility index (Phi) is 22.7. The van der Waals surface area contributed by atoms with Crippen LogP contribution < -0.4 is 0 Å². The minimum atomic E-state index is -1.25. The normalized spacial score (nSPS) is 40.7. The standard InChI is InChI=1S/C53H86FN3O13/c1-13-43-39(29-65-53-51(64-12)50(63-11)47(61)36(8)68-53)23-30(2)14-19-41(55-66-28-37-15-17-40(54)18-16-37)33(5)24-38(20-21-57-26-31(3)22-32(4)27-57)49(34(6)42(58)25-44(59)69-43)70-52-48(62)45(56(9)10)46(60)35(7)67-52/h14-19,23,31-36,38-39,42-43,45-53,58,60-62H,13,20-22,24-29H2,1-12H3/b19-14+,30-23+,55-41+/t31?,32?,33-,34?,35+,36+,38+,39?,42-,43-,45-,46+,47+,48+,49-,50+,51+,52-,53+/m1/s1. The quantitative estimate of drug-likeness (QED) is 0.128. The van der Waals surface area contributed by atoms with Crippen LogP contribution in [0.1, 0.15) is 93.1 Å². The van der Waals surface area contributed by atoms with Crippen molar-refractivity contribution in [3.8, 4) is 0 Å². The number of aliphatic hydroxyl groups excluding tert-OH is 4. The Hall–Kier alpha value is -2.91. The summed E-state index contributed by atoms with van der Waals surface area (Å²) >= 11 is 0. The average molecular weight is 992 g/mol. The molecule has 0 aliphatic carbocycles. The summed E-state index contributed by atoms with van der Waals surface area (Å²) in [7, 11) is 6.56. The van der Waals surface area contributed by atoms with Gasteiger partial charge in [-0.25, -0.2) is 4.39 Å². The first-order valence-electron chi connectivity index (χ1n) is 25.5. The highest BCUT2D eigenvalue weighted by molar-refractivity contribution is 5.96. The van der Waals surface area contributed by atoms with Crippen LogP contribution in [0.2, 0.25) is 0 Å². The number of rotatable bonds is 15. The lowest BCUT2D eigenvalue weighted by molar-refractivity contribution is -0.304. The van der Waals surface area contributed by atoms with E-state index in [0.717, 1.165) is 37.2 Å². The van der Waals surface area contributed by atoms with E-state index < -0.39 is 97.5 Å². The van der Waals surface area contributed by atoms with Crippen molar-refractivity contribution in [2.24, 2.45) is 40.7 Å². The molecular formula is C53H86FN3O13. The maximum Gasteiger partial charge on any atom is 0.308 e. The van der Waals surface area contributed by atoms with E-state index in [-0.39, 0.29) is 37.3 Å². The molecule has 0 spiro atoms. The fraction of sp³-hybridized carbons (Fsp3) is 0.774. The van der Waals surface area contributed by atoms with E-state index in [1.165, 1.54) is 26.4 Å². The van der Waals surface area contributed by atoms with Gasteiger partial charge >= 0.3 is 5.97 Å². The summed E-state index contributed by atoms with van der Waals surface area (Å²) in [5.74, 6) is -1.62. The van der Waals surface area contributed by atoms with Gasteiger partial charge in [-0.3, -0.25) is 4.79 Å². The van der Waals surface area contributed by atoms with Gasteiger partial charge in [-0.05, 0) is 109 Å². The molecule has 398 valence electrons. The molecule has 0 amide bonds. The second-order valence-electron chi connectivity index (χ2n) is 21.0. The van der Waals surface area contributed by atoms with Crippen molar-refractivity contribution in [3.05, 3.63) is 59.4 Å². The molecule has 3 saturated heterocycles. The highest BCUT2D eigenvalue weighted by Crippen LogP contribution is 2.36. The van der Waals surface area contributed by atoms with Crippen LogP contribution in [0.25, 0.3) is 0 Å². The maximum absolute atomic E-state index is 14.1. The first kappa shape index (κ1) is 58.0. The maximum atomic E-state index is 14.1. The van der Waals surface area contributed by atoms with Gasteiger partial charge in [0.05, 0.1) is 55.3 Å². The Morgan fingerprint density at radius 3 is 2.11 bits per heavy atom.